The average Bonchev–Trinajstić information content (AvgIpc) is 2.73. The van der Waals surface area contributed by atoms with E-state index in [1.54, 1.807) is 11.4 Å². The number of hydrogen-bond donors (Lipinski definition) is 2. The highest BCUT2D eigenvalue weighted by Gasteiger charge is 2.17. The van der Waals surface area contributed by atoms with Gasteiger partial charge in [-0.3, -0.25) is 0 Å². The molecule has 1 heterocycles. The Morgan fingerprint density at radius 1 is 1.30 bits per heavy atom. The van der Waals surface area contributed by atoms with E-state index in [9.17, 15) is 8.42 Å². The van der Waals surface area contributed by atoms with Crippen LogP contribution in [0.1, 0.15) is 45.9 Å². The van der Waals surface area contributed by atoms with Crippen LogP contribution < -0.4 is 10.0 Å². The van der Waals surface area contributed by atoms with Crippen LogP contribution in [0.2, 0.25) is 0 Å². The van der Waals surface area contributed by atoms with Crippen molar-refractivity contribution in [1.82, 2.24) is 10.0 Å². The molecule has 0 aliphatic rings. The Labute approximate surface area is 127 Å². The highest BCUT2D eigenvalue weighted by atomic mass is 32.2. The zero-order valence-corrected chi connectivity index (χ0v) is 14.6. The first-order chi connectivity index (χ1) is 9.10. The number of thiophene rings is 1. The fraction of sp³-hybridized carbons (Fsp3) is 0.714. The highest BCUT2D eigenvalue weighted by molar-refractivity contribution is 7.89. The molecule has 0 amide bonds. The van der Waals surface area contributed by atoms with Gasteiger partial charge in [0.05, 0.1) is 4.90 Å². The summed E-state index contributed by atoms with van der Waals surface area (Å²) in [4.78, 5) is 1.41. The van der Waals surface area contributed by atoms with Gasteiger partial charge in [-0.05, 0) is 17.9 Å². The van der Waals surface area contributed by atoms with Crippen LogP contribution in [0.3, 0.4) is 0 Å². The number of rotatable bonds is 7. The normalized spacial score (nSPS) is 13.1. The Morgan fingerprint density at radius 2 is 1.95 bits per heavy atom. The van der Waals surface area contributed by atoms with E-state index in [4.69, 9.17) is 0 Å². The molecule has 0 bridgehead atoms. The summed E-state index contributed by atoms with van der Waals surface area (Å²) in [5.41, 5.74) is 0.128. The summed E-state index contributed by atoms with van der Waals surface area (Å²) >= 11 is 1.48. The molecule has 0 unspecified atom stereocenters. The minimum absolute atomic E-state index is 0.128. The first-order valence-electron chi connectivity index (χ1n) is 6.91. The van der Waals surface area contributed by atoms with Gasteiger partial charge >= 0.3 is 0 Å². The van der Waals surface area contributed by atoms with E-state index >= 15 is 0 Å². The number of nitrogens with one attached hydrogen (secondary N) is 2. The predicted molar refractivity (Wildman–Crippen MR) is 85.6 cm³/mol. The van der Waals surface area contributed by atoms with Crippen molar-refractivity contribution >= 4 is 21.4 Å². The van der Waals surface area contributed by atoms with Crippen LogP contribution in [0.15, 0.2) is 16.3 Å². The third-order valence-corrected chi connectivity index (χ3v) is 5.32. The first kappa shape index (κ1) is 17.6. The van der Waals surface area contributed by atoms with Gasteiger partial charge in [0, 0.05) is 29.4 Å². The molecule has 0 fully saturated rings. The molecule has 0 saturated heterocycles. The standard InChI is InChI=1S/C14H26N2O2S2/c1-11(2)15-9-12-8-13(10-19-12)20(17,18)16-7-6-14(3,4)5/h8,10-11,15-16H,6-7,9H2,1-5H3. The van der Waals surface area contributed by atoms with Crippen LogP contribution in [-0.4, -0.2) is 21.0 Å². The summed E-state index contributed by atoms with van der Waals surface area (Å²) in [6, 6.07) is 2.14. The van der Waals surface area contributed by atoms with E-state index in [1.807, 2.05) is 0 Å². The number of sulfonamides is 1. The molecule has 0 radical (unpaired) electrons. The van der Waals surface area contributed by atoms with Gasteiger partial charge in [0.2, 0.25) is 10.0 Å². The summed E-state index contributed by atoms with van der Waals surface area (Å²) in [5, 5.41) is 4.99. The second-order valence-electron chi connectivity index (χ2n) is 6.49. The summed E-state index contributed by atoms with van der Waals surface area (Å²) in [5.74, 6) is 0. The molecule has 20 heavy (non-hydrogen) atoms. The van der Waals surface area contributed by atoms with E-state index in [0.29, 0.717) is 24.0 Å². The van der Waals surface area contributed by atoms with Crippen molar-refractivity contribution in [2.75, 3.05) is 6.54 Å². The van der Waals surface area contributed by atoms with E-state index < -0.39 is 10.0 Å². The van der Waals surface area contributed by atoms with Crippen LogP contribution in [0.5, 0.6) is 0 Å². The smallest absolute Gasteiger partial charge is 0.241 e. The molecule has 4 nitrogen and oxygen atoms in total. The number of hydrogen-bond acceptors (Lipinski definition) is 4. The second kappa shape index (κ2) is 7.02. The third kappa shape index (κ3) is 6.35. The molecular weight excluding hydrogens is 292 g/mol. The lowest BCUT2D eigenvalue weighted by molar-refractivity contribution is 0.378. The second-order valence-corrected chi connectivity index (χ2v) is 9.26. The molecule has 1 rings (SSSR count). The average molecular weight is 319 g/mol. The quantitative estimate of drug-likeness (QED) is 0.812. The van der Waals surface area contributed by atoms with Gasteiger partial charge in [-0.25, -0.2) is 13.1 Å². The topological polar surface area (TPSA) is 58.2 Å². The van der Waals surface area contributed by atoms with Gasteiger partial charge in [0.1, 0.15) is 0 Å². The molecule has 0 atom stereocenters. The lowest BCUT2D eigenvalue weighted by Gasteiger charge is -2.17. The van der Waals surface area contributed by atoms with Crippen molar-refractivity contribution in [3.8, 4) is 0 Å². The van der Waals surface area contributed by atoms with Gasteiger partial charge in [0.25, 0.3) is 0 Å². The van der Waals surface area contributed by atoms with Crippen molar-refractivity contribution in [3.05, 3.63) is 16.3 Å². The largest absolute Gasteiger partial charge is 0.310 e. The fourth-order valence-electron chi connectivity index (χ4n) is 1.54. The van der Waals surface area contributed by atoms with Crippen molar-refractivity contribution in [2.45, 2.75) is 58.5 Å². The molecule has 0 aromatic carbocycles. The SMILES string of the molecule is CC(C)NCc1cc(S(=O)(=O)NCCC(C)(C)C)cs1. The van der Waals surface area contributed by atoms with Crippen molar-refractivity contribution in [2.24, 2.45) is 5.41 Å². The Bertz CT molecular complexity index is 514. The molecule has 1 aromatic heterocycles. The minimum Gasteiger partial charge on any atom is -0.310 e. The molecule has 1 aromatic rings. The monoisotopic (exact) mass is 318 g/mol. The molecule has 116 valence electrons. The summed E-state index contributed by atoms with van der Waals surface area (Å²) in [7, 11) is -3.37. The van der Waals surface area contributed by atoms with Gasteiger partial charge in [-0.1, -0.05) is 34.6 Å². The van der Waals surface area contributed by atoms with Crippen molar-refractivity contribution < 1.29 is 8.42 Å². The maximum absolute atomic E-state index is 12.1. The first-order valence-corrected chi connectivity index (χ1v) is 9.27. The van der Waals surface area contributed by atoms with E-state index in [-0.39, 0.29) is 5.41 Å². The zero-order chi connectivity index (χ0) is 15.4. The van der Waals surface area contributed by atoms with Crippen LogP contribution in [-0.2, 0) is 16.6 Å². The van der Waals surface area contributed by atoms with Gasteiger partial charge in [-0.2, -0.15) is 0 Å². The molecule has 6 heteroatoms. The summed E-state index contributed by atoms with van der Waals surface area (Å²) < 4.78 is 27.0. The fourth-order valence-corrected chi connectivity index (χ4v) is 3.80. The maximum atomic E-state index is 12.1. The Hall–Kier alpha value is -0.430. The van der Waals surface area contributed by atoms with Crippen LogP contribution in [0, 0.1) is 5.41 Å². The van der Waals surface area contributed by atoms with E-state index in [0.717, 1.165) is 11.3 Å². The molecule has 0 saturated carbocycles. The van der Waals surface area contributed by atoms with Crippen molar-refractivity contribution in [1.29, 1.82) is 0 Å². The van der Waals surface area contributed by atoms with Gasteiger partial charge in [0.15, 0.2) is 0 Å². The van der Waals surface area contributed by atoms with Crippen molar-refractivity contribution in [3.63, 3.8) is 0 Å². The van der Waals surface area contributed by atoms with E-state index in [1.165, 1.54) is 11.3 Å². The lowest BCUT2D eigenvalue weighted by atomic mass is 9.93. The van der Waals surface area contributed by atoms with Crippen LogP contribution in [0.25, 0.3) is 0 Å². The molecule has 0 aliphatic heterocycles. The van der Waals surface area contributed by atoms with E-state index in [2.05, 4.69) is 44.7 Å². The Kier molecular flexibility index (Phi) is 6.19. The van der Waals surface area contributed by atoms with Crippen LogP contribution in [0.4, 0.5) is 0 Å². The summed E-state index contributed by atoms with van der Waals surface area (Å²) in [6.45, 7) is 11.6. The molecular formula is C14H26N2O2S2. The Morgan fingerprint density at radius 3 is 2.50 bits per heavy atom. The van der Waals surface area contributed by atoms with Crippen LogP contribution >= 0.6 is 11.3 Å². The maximum Gasteiger partial charge on any atom is 0.241 e. The Balaban J connectivity index is 2.59. The third-order valence-electron chi connectivity index (χ3n) is 2.79. The minimum atomic E-state index is -3.37. The highest BCUT2D eigenvalue weighted by Crippen LogP contribution is 2.21. The predicted octanol–water partition coefficient (Wildman–Crippen LogP) is 2.96. The molecule has 2 N–H and O–H groups in total. The summed E-state index contributed by atoms with van der Waals surface area (Å²) in [6.07, 6.45) is 0.818. The van der Waals surface area contributed by atoms with Gasteiger partial charge < -0.3 is 5.32 Å². The molecule has 0 aliphatic carbocycles. The molecule has 0 spiro atoms. The lowest BCUT2D eigenvalue weighted by Crippen LogP contribution is -2.27. The van der Waals surface area contributed by atoms with Gasteiger partial charge in [-0.15, -0.1) is 11.3 Å². The zero-order valence-electron chi connectivity index (χ0n) is 13.0.